The molecule has 1 saturated heterocycles. The third kappa shape index (κ3) is 4.98. The Morgan fingerprint density at radius 1 is 1.06 bits per heavy atom. The molecule has 0 aromatic heterocycles. The third-order valence-electron chi connectivity index (χ3n) is 6.13. The molecule has 32 heavy (non-hydrogen) atoms. The molecule has 1 aromatic carbocycles. The van der Waals surface area contributed by atoms with Crippen molar-refractivity contribution < 1.29 is 19.1 Å². The van der Waals surface area contributed by atoms with Crippen LogP contribution in [0.15, 0.2) is 36.1 Å². The van der Waals surface area contributed by atoms with Gasteiger partial charge in [0.1, 0.15) is 17.4 Å². The topological polar surface area (TPSA) is 71.1 Å². The molecule has 2 fully saturated rings. The number of nitrogens with one attached hydrogen (secondary N) is 1. The molecule has 0 unspecified atom stereocenters. The number of carbonyl (C=O) groups excluding carboxylic acids is 2. The molecule has 0 spiro atoms. The Kier molecular flexibility index (Phi) is 6.56. The van der Waals surface area contributed by atoms with Crippen LogP contribution in [0, 0.1) is 5.92 Å². The van der Waals surface area contributed by atoms with Gasteiger partial charge in [-0.05, 0) is 82.7 Å². The number of hydrogen-bond donors (Lipinski definition) is 1. The van der Waals surface area contributed by atoms with Crippen LogP contribution in [0.25, 0.3) is 0 Å². The van der Waals surface area contributed by atoms with E-state index in [1.54, 1.807) is 24.3 Å². The molecule has 2 atom stereocenters. The van der Waals surface area contributed by atoms with E-state index in [1.165, 1.54) is 10.0 Å². The maximum Gasteiger partial charge on any atom is 0.430 e. The van der Waals surface area contributed by atoms with Crippen molar-refractivity contribution in [3.05, 3.63) is 41.1 Å². The van der Waals surface area contributed by atoms with Crippen LogP contribution in [-0.4, -0.2) is 46.4 Å². The van der Waals surface area contributed by atoms with E-state index in [0.29, 0.717) is 17.3 Å². The van der Waals surface area contributed by atoms with Crippen molar-refractivity contribution >= 4 is 29.4 Å². The van der Waals surface area contributed by atoms with Gasteiger partial charge in [-0.2, -0.15) is 0 Å². The summed E-state index contributed by atoms with van der Waals surface area (Å²) in [5.74, 6) is 1.03. The zero-order valence-electron chi connectivity index (χ0n) is 19.0. The second-order valence-corrected chi connectivity index (χ2v) is 10.2. The zero-order valence-corrected chi connectivity index (χ0v) is 19.7. The first-order chi connectivity index (χ1) is 15.2. The van der Waals surface area contributed by atoms with Gasteiger partial charge in [-0.25, -0.2) is 19.6 Å². The molecule has 1 aromatic rings. The van der Waals surface area contributed by atoms with Gasteiger partial charge < -0.3 is 14.8 Å². The number of carbonyl (C=O) groups is 2. The van der Waals surface area contributed by atoms with Crippen LogP contribution >= 0.6 is 11.6 Å². The molecule has 1 aliphatic carbocycles. The standard InChI is InChI=1S/C24H32ClN3O4/c1-24(2,3)32-23(30)28-20(16-7-4-5-8-16)15-21-19(9-6-14-31-21)27(28)22(29)26-18-12-10-17(25)11-13-18/h10-13,15-16,19-20H,4-9,14H2,1-3H3,(H,26,29)/t19-,20-/m1/s1. The Morgan fingerprint density at radius 3 is 2.41 bits per heavy atom. The molecule has 2 heterocycles. The van der Waals surface area contributed by atoms with E-state index in [9.17, 15) is 9.59 Å². The number of rotatable bonds is 2. The van der Waals surface area contributed by atoms with Crippen LogP contribution in [0.2, 0.25) is 5.02 Å². The molecule has 174 valence electrons. The highest BCUT2D eigenvalue weighted by Gasteiger charge is 2.48. The SMILES string of the molecule is CC(C)(C)OC(=O)N1[C@@H](C2CCCC2)C=C2OCCC[C@H]2N1C(=O)Nc1ccc(Cl)cc1. The van der Waals surface area contributed by atoms with Crippen LogP contribution in [-0.2, 0) is 9.47 Å². The van der Waals surface area contributed by atoms with Crippen LogP contribution in [0.4, 0.5) is 15.3 Å². The predicted octanol–water partition coefficient (Wildman–Crippen LogP) is 5.96. The molecule has 1 saturated carbocycles. The molecule has 3 amide bonds. The summed E-state index contributed by atoms with van der Waals surface area (Å²) in [7, 11) is 0. The highest BCUT2D eigenvalue weighted by molar-refractivity contribution is 6.30. The number of amides is 3. The summed E-state index contributed by atoms with van der Waals surface area (Å²) >= 11 is 5.99. The number of anilines is 1. The summed E-state index contributed by atoms with van der Waals surface area (Å²) in [6, 6.07) is 5.90. The minimum Gasteiger partial charge on any atom is -0.496 e. The van der Waals surface area contributed by atoms with Crippen molar-refractivity contribution in [1.82, 2.24) is 10.0 Å². The second kappa shape index (κ2) is 9.22. The van der Waals surface area contributed by atoms with E-state index < -0.39 is 11.7 Å². The Labute approximate surface area is 194 Å². The van der Waals surface area contributed by atoms with Crippen LogP contribution < -0.4 is 5.32 Å². The van der Waals surface area contributed by atoms with E-state index in [0.717, 1.165) is 44.3 Å². The average Bonchev–Trinajstić information content (AvgIpc) is 3.27. The van der Waals surface area contributed by atoms with Crippen molar-refractivity contribution in [3.8, 4) is 0 Å². The summed E-state index contributed by atoms with van der Waals surface area (Å²) in [4.78, 5) is 27.1. The Bertz CT molecular complexity index is 874. The third-order valence-corrected chi connectivity index (χ3v) is 6.38. The number of benzene rings is 1. The van der Waals surface area contributed by atoms with Gasteiger partial charge in [-0.15, -0.1) is 0 Å². The van der Waals surface area contributed by atoms with Crippen molar-refractivity contribution in [1.29, 1.82) is 0 Å². The first-order valence-corrected chi connectivity index (χ1v) is 11.8. The van der Waals surface area contributed by atoms with Gasteiger partial charge in [0, 0.05) is 10.7 Å². The number of hydrazine groups is 1. The lowest BCUT2D eigenvalue weighted by atomic mass is 9.92. The number of halogens is 1. The van der Waals surface area contributed by atoms with Gasteiger partial charge in [0.25, 0.3) is 0 Å². The molecular weight excluding hydrogens is 430 g/mol. The fourth-order valence-corrected chi connectivity index (χ4v) is 4.87. The molecule has 8 heteroatoms. The lowest BCUT2D eigenvalue weighted by Crippen LogP contribution is -2.64. The molecule has 4 rings (SSSR count). The van der Waals surface area contributed by atoms with Gasteiger partial charge >= 0.3 is 12.1 Å². The fourth-order valence-electron chi connectivity index (χ4n) is 4.75. The Hall–Kier alpha value is -2.41. The van der Waals surface area contributed by atoms with Crippen molar-refractivity contribution in [2.24, 2.45) is 5.92 Å². The van der Waals surface area contributed by atoms with Crippen molar-refractivity contribution in [2.45, 2.75) is 77.0 Å². The van der Waals surface area contributed by atoms with Crippen molar-refractivity contribution in [2.75, 3.05) is 11.9 Å². The summed E-state index contributed by atoms with van der Waals surface area (Å²) < 4.78 is 11.8. The summed E-state index contributed by atoms with van der Waals surface area (Å²) in [5.41, 5.74) is -0.0725. The fraction of sp³-hybridized carbons (Fsp3) is 0.583. The summed E-state index contributed by atoms with van der Waals surface area (Å²) in [6.07, 6.45) is 7.31. The second-order valence-electron chi connectivity index (χ2n) is 9.72. The molecule has 2 aliphatic heterocycles. The normalized spacial score (nSPS) is 23.8. The summed E-state index contributed by atoms with van der Waals surface area (Å²) in [6.45, 7) is 6.13. The van der Waals surface area contributed by atoms with Gasteiger partial charge in [-0.1, -0.05) is 24.4 Å². The Morgan fingerprint density at radius 2 is 1.75 bits per heavy atom. The smallest absolute Gasteiger partial charge is 0.430 e. The van der Waals surface area contributed by atoms with Crippen LogP contribution in [0.3, 0.4) is 0 Å². The van der Waals surface area contributed by atoms with E-state index in [-0.39, 0.29) is 24.0 Å². The van der Waals surface area contributed by atoms with Gasteiger partial charge in [-0.3, -0.25) is 0 Å². The molecule has 0 bridgehead atoms. The molecule has 7 nitrogen and oxygen atoms in total. The average molecular weight is 462 g/mol. The maximum absolute atomic E-state index is 13.6. The zero-order chi connectivity index (χ0) is 22.9. The minimum atomic E-state index is -0.678. The molecular formula is C24H32ClN3O4. The first-order valence-electron chi connectivity index (χ1n) is 11.5. The maximum atomic E-state index is 13.6. The largest absolute Gasteiger partial charge is 0.496 e. The highest BCUT2D eigenvalue weighted by atomic mass is 35.5. The lowest BCUT2D eigenvalue weighted by molar-refractivity contribution is -0.0868. The predicted molar refractivity (Wildman–Crippen MR) is 123 cm³/mol. The molecule has 1 N–H and O–H groups in total. The lowest BCUT2D eigenvalue weighted by Gasteiger charge is -2.49. The quantitative estimate of drug-likeness (QED) is 0.589. The van der Waals surface area contributed by atoms with Gasteiger partial charge in [0.2, 0.25) is 0 Å². The van der Waals surface area contributed by atoms with Gasteiger partial charge in [0.05, 0.1) is 12.6 Å². The number of hydrogen-bond acceptors (Lipinski definition) is 4. The number of fused-ring (bicyclic) bond motifs is 1. The number of nitrogens with zero attached hydrogens (tertiary/aromatic N) is 2. The highest BCUT2D eigenvalue weighted by Crippen LogP contribution is 2.39. The first kappa shape index (κ1) is 22.8. The van der Waals surface area contributed by atoms with E-state index in [4.69, 9.17) is 21.1 Å². The van der Waals surface area contributed by atoms with E-state index >= 15 is 0 Å². The Balaban J connectivity index is 1.71. The monoisotopic (exact) mass is 461 g/mol. The number of ether oxygens (including phenoxy) is 2. The van der Waals surface area contributed by atoms with Gasteiger partial charge in [0.15, 0.2) is 0 Å². The molecule has 3 aliphatic rings. The minimum absolute atomic E-state index is 0.257. The van der Waals surface area contributed by atoms with E-state index in [2.05, 4.69) is 11.4 Å². The van der Waals surface area contributed by atoms with Crippen LogP contribution in [0.5, 0.6) is 0 Å². The molecule has 0 radical (unpaired) electrons. The van der Waals surface area contributed by atoms with Crippen molar-refractivity contribution in [3.63, 3.8) is 0 Å². The van der Waals surface area contributed by atoms with Crippen LogP contribution in [0.1, 0.15) is 59.3 Å². The summed E-state index contributed by atoms with van der Waals surface area (Å²) in [5, 5.41) is 6.58. The number of urea groups is 1. The van der Waals surface area contributed by atoms with E-state index in [1.807, 2.05) is 20.8 Å².